The van der Waals surface area contributed by atoms with Crippen LogP contribution in [0, 0.1) is 5.82 Å². The van der Waals surface area contributed by atoms with Gasteiger partial charge < -0.3 is 0 Å². The van der Waals surface area contributed by atoms with Crippen LogP contribution in [0.1, 0.15) is 0 Å². The number of hydrogen-bond donors (Lipinski definition) is 0. The van der Waals surface area contributed by atoms with Gasteiger partial charge in [-0.3, -0.25) is 4.18 Å². The van der Waals surface area contributed by atoms with E-state index in [4.69, 9.17) is 0 Å². The van der Waals surface area contributed by atoms with Gasteiger partial charge in [-0.25, -0.2) is 4.39 Å². The van der Waals surface area contributed by atoms with Crippen LogP contribution in [0.2, 0.25) is 0 Å². The van der Waals surface area contributed by atoms with Crippen molar-refractivity contribution in [2.24, 2.45) is 0 Å². The van der Waals surface area contributed by atoms with Crippen LogP contribution in [-0.2, 0) is 14.3 Å². The minimum Gasteiger partial charge on any atom is -0.270 e. The number of benzene rings is 2. The van der Waals surface area contributed by atoms with Gasteiger partial charge in [0, 0.05) is 5.39 Å². The standard InChI is InChI=1S/C11H9FO3S/c1-15-16(13,14)10-7-6-8-4-2-3-5-9(8)11(10)12/h2-7H,1H3. The van der Waals surface area contributed by atoms with Crippen LogP contribution < -0.4 is 0 Å². The Balaban J connectivity index is 2.80. The van der Waals surface area contributed by atoms with E-state index in [2.05, 4.69) is 4.18 Å². The molecule has 0 aromatic heterocycles. The molecule has 5 heteroatoms. The Labute approximate surface area is 92.6 Å². The molecule has 0 radical (unpaired) electrons. The van der Waals surface area contributed by atoms with Crippen LogP contribution in [-0.4, -0.2) is 15.5 Å². The first-order chi connectivity index (χ1) is 7.56. The van der Waals surface area contributed by atoms with Crippen LogP contribution in [0.25, 0.3) is 10.8 Å². The highest BCUT2D eigenvalue weighted by Gasteiger charge is 2.19. The number of halogens is 1. The SMILES string of the molecule is COS(=O)(=O)c1ccc2ccccc2c1F. The molecule has 0 atom stereocenters. The molecule has 3 nitrogen and oxygen atoms in total. The van der Waals surface area contributed by atoms with Crippen molar-refractivity contribution in [2.45, 2.75) is 4.90 Å². The molecule has 0 saturated heterocycles. The lowest BCUT2D eigenvalue weighted by Crippen LogP contribution is -2.05. The lowest BCUT2D eigenvalue weighted by Gasteiger charge is -2.05. The molecule has 0 spiro atoms. The molecule has 2 aromatic carbocycles. The number of hydrogen-bond acceptors (Lipinski definition) is 3. The monoisotopic (exact) mass is 240 g/mol. The second-order valence-corrected chi connectivity index (χ2v) is 4.90. The fourth-order valence-electron chi connectivity index (χ4n) is 1.50. The van der Waals surface area contributed by atoms with Crippen molar-refractivity contribution in [3.63, 3.8) is 0 Å². The van der Waals surface area contributed by atoms with Crippen molar-refractivity contribution in [2.75, 3.05) is 7.11 Å². The maximum Gasteiger partial charge on any atom is 0.299 e. The van der Waals surface area contributed by atoms with Crippen LogP contribution in [0.3, 0.4) is 0 Å². The average molecular weight is 240 g/mol. The number of rotatable bonds is 2. The molecular weight excluding hydrogens is 231 g/mol. The highest BCUT2D eigenvalue weighted by molar-refractivity contribution is 7.86. The minimum absolute atomic E-state index is 0.264. The summed E-state index contributed by atoms with van der Waals surface area (Å²) in [7, 11) is -2.99. The highest BCUT2D eigenvalue weighted by atomic mass is 32.2. The van der Waals surface area contributed by atoms with E-state index in [1.54, 1.807) is 24.3 Å². The van der Waals surface area contributed by atoms with Gasteiger partial charge in [-0.15, -0.1) is 0 Å². The van der Waals surface area contributed by atoms with E-state index in [-0.39, 0.29) is 5.39 Å². The Morgan fingerprint density at radius 2 is 1.81 bits per heavy atom. The first kappa shape index (κ1) is 11.0. The van der Waals surface area contributed by atoms with Gasteiger partial charge in [-0.1, -0.05) is 30.3 Å². The van der Waals surface area contributed by atoms with E-state index in [0.29, 0.717) is 5.39 Å². The molecule has 0 aliphatic heterocycles. The highest BCUT2D eigenvalue weighted by Crippen LogP contribution is 2.24. The van der Waals surface area contributed by atoms with Gasteiger partial charge in [0.25, 0.3) is 10.1 Å². The quantitative estimate of drug-likeness (QED) is 0.756. The van der Waals surface area contributed by atoms with Gasteiger partial charge in [0.1, 0.15) is 4.90 Å². The van der Waals surface area contributed by atoms with E-state index in [1.807, 2.05) is 0 Å². The van der Waals surface area contributed by atoms with Gasteiger partial charge in [0.15, 0.2) is 5.82 Å². The molecule has 0 aliphatic rings. The maximum absolute atomic E-state index is 13.9. The molecule has 16 heavy (non-hydrogen) atoms. The summed E-state index contributed by atoms with van der Waals surface area (Å²) in [6, 6.07) is 9.39. The number of fused-ring (bicyclic) bond motifs is 1. The normalized spacial score (nSPS) is 11.9. The molecule has 0 saturated carbocycles. The zero-order valence-corrected chi connectivity index (χ0v) is 9.29. The first-order valence-electron chi connectivity index (χ1n) is 4.54. The predicted molar refractivity (Wildman–Crippen MR) is 58.1 cm³/mol. The van der Waals surface area contributed by atoms with E-state index >= 15 is 0 Å². The van der Waals surface area contributed by atoms with Crippen molar-refractivity contribution in [1.29, 1.82) is 0 Å². The van der Waals surface area contributed by atoms with Gasteiger partial charge in [-0.2, -0.15) is 8.42 Å². The molecule has 0 amide bonds. The largest absolute Gasteiger partial charge is 0.299 e. The summed E-state index contributed by atoms with van der Waals surface area (Å²) < 4.78 is 41.0. The average Bonchev–Trinajstić information content (AvgIpc) is 2.29. The van der Waals surface area contributed by atoms with Crippen molar-refractivity contribution in [3.8, 4) is 0 Å². The lowest BCUT2D eigenvalue weighted by molar-refractivity contribution is 0.394. The summed E-state index contributed by atoms with van der Waals surface area (Å²) >= 11 is 0. The van der Waals surface area contributed by atoms with Crippen molar-refractivity contribution in [1.82, 2.24) is 0 Å². The van der Waals surface area contributed by atoms with E-state index in [9.17, 15) is 12.8 Å². The van der Waals surface area contributed by atoms with Crippen molar-refractivity contribution >= 4 is 20.9 Å². The van der Waals surface area contributed by atoms with Crippen LogP contribution >= 0.6 is 0 Å². The first-order valence-corrected chi connectivity index (χ1v) is 5.95. The van der Waals surface area contributed by atoms with Gasteiger partial charge >= 0.3 is 0 Å². The third kappa shape index (κ3) is 1.68. The Kier molecular flexibility index (Phi) is 2.65. The third-order valence-corrected chi connectivity index (χ3v) is 3.61. The molecule has 2 rings (SSSR count). The fraction of sp³-hybridized carbons (Fsp3) is 0.0909. The van der Waals surface area contributed by atoms with E-state index in [0.717, 1.165) is 7.11 Å². The Morgan fingerprint density at radius 1 is 1.12 bits per heavy atom. The molecule has 0 bridgehead atoms. The molecule has 0 heterocycles. The predicted octanol–water partition coefficient (Wildman–Crippen LogP) is 2.31. The Morgan fingerprint density at radius 3 is 2.50 bits per heavy atom. The zero-order chi connectivity index (χ0) is 11.8. The van der Waals surface area contributed by atoms with Gasteiger partial charge in [0.05, 0.1) is 7.11 Å². The van der Waals surface area contributed by atoms with Gasteiger partial charge in [0.2, 0.25) is 0 Å². The zero-order valence-electron chi connectivity index (χ0n) is 8.48. The summed E-state index contributed by atoms with van der Waals surface area (Å²) in [6.45, 7) is 0. The second kappa shape index (κ2) is 3.84. The maximum atomic E-state index is 13.9. The third-order valence-electron chi connectivity index (χ3n) is 2.32. The molecular formula is C11H9FO3S. The Hall–Kier alpha value is -1.46. The van der Waals surface area contributed by atoms with Crippen LogP contribution in [0.5, 0.6) is 0 Å². The lowest BCUT2D eigenvalue weighted by atomic mass is 10.1. The van der Waals surface area contributed by atoms with E-state index < -0.39 is 20.8 Å². The molecule has 0 N–H and O–H groups in total. The molecule has 2 aromatic rings. The summed E-state index contributed by atoms with van der Waals surface area (Å²) in [5.74, 6) is -0.778. The summed E-state index contributed by atoms with van der Waals surface area (Å²) in [5.41, 5.74) is 0. The van der Waals surface area contributed by atoms with Crippen molar-refractivity contribution in [3.05, 3.63) is 42.2 Å². The van der Waals surface area contributed by atoms with Crippen LogP contribution in [0.4, 0.5) is 4.39 Å². The summed E-state index contributed by atoms with van der Waals surface area (Å²) in [4.78, 5) is -0.436. The smallest absolute Gasteiger partial charge is 0.270 e. The van der Waals surface area contributed by atoms with Crippen molar-refractivity contribution < 1.29 is 17.0 Å². The molecule has 0 aliphatic carbocycles. The fourth-order valence-corrected chi connectivity index (χ4v) is 2.24. The second-order valence-electron chi connectivity index (χ2n) is 3.22. The summed E-state index contributed by atoms with van der Waals surface area (Å²) in [6.07, 6.45) is 0. The topological polar surface area (TPSA) is 43.4 Å². The van der Waals surface area contributed by atoms with Gasteiger partial charge in [-0.05, 0) is 11.5 Å². The summed E-state index contributed by atoms with van der Waals surface area (Å²) in [5, 5.41) is 0.913. The van der Waals surface area contributed by atoms with Crippen LogP contribution in [0.15, 0.2) is 41.3 Å². The Bertz CT molecular complexity index is 635. The minimum atomic E-state index is -4.00. The molecule has 0 fully saturated rings. The molecule has 84 valence electrons. The van der Waals surface area contributed by atoms with E-state index in [1.165, 1.54) is 12.1 Å². The molecule has 0 unspecified atom stereocenters.